The molecule has 1 saturated carbocycles. The van der Waals surface area contributed by atoms with E-state index in [1.165, 1.54) is 30.5 Å². The number of aromatic nitrogens is 2. The van der Waals surface area contributed by atoms with Gasteiger partial charge in [-0.2, -0.15) is 0 Å². The molecule has 1 fully saturated rings. The quantitative estimate of drug-likeness (QED) is 0.911. The highest BCUT2D eigenvalue weighted by Crippen LogP contribution is 2.41. The van der Waals surface area contributed by atoms with E-state index in [0.29, 0.717) is 0 Å². The van der Waals surface area contributed by atoms with Crippen LogP contribution in [0.1, 0.15) is 55.4 Å². The lowest BCUT2D eigenvalue weighted by Gasteiger charge is -2.37. The Labute approximate surface area is 141 Å². The van der Waals surface area contributed by atoms with Crippen LogP contribution in [-0.2, 0) is 10.2 Å². The number of hydrogen-bond donors (Lipinski definition) is 1. The monoisotopic (exact) mass is 329 g/mol. The van der Waals surface area contributed by atoms with E-state index in [9.17, 15) is 4.79 Å². The second-order valence-electron chi connectivity index (χ2n) is 6.43. The van der Waals surface area contributed by atoms with E-state index in [1.54, 1.807) is 12.4 Å². The number of hydrogen-bond acceptors (Lipinski definition) is 4. The van der Waals surface area contributed by atoms with Gasteiger partial charge in [-0.05, 0) is 31.2 Å². The highest BCUT2D eigenvalue weighted by atomic mass is 32.1. The fourth-order valence-electron chi connectivity index (χ4n) is 3.41. The lowest BCUT2D eigenvalue weighted by atomic mass is 9.73. The Hall–Kier alpha value is -1.75. The van der Waals surface area contributed by atoms with Crippen LogP contribution >= 0.6 is 11.3 Å². The summed E-state index contributed by atoms with van der Waals surface area (Å²) in [4.78, 5) is 22.0. The molecule has 1 unspecified atom stereocenters. The number of nitrogens with zero attached hydrogens (tertiary/aromatic N) is 2. The van der Waals surface area contributed by atoms with Crippen molar-refractivity contribution < 1.29 is 4.79 Å². The van der Waals surface area contributed by atoms with E-state index in [2.05, 4.69) is 32.8 Å². The largest absolute Gasteiger partial charge is 0.355 e. The van der Waals surface area contributed by atoms with Crippen LogP contribution in [0, 0.1) is 0 Å². The molecule has 0 bridgehead atoms. The number of thiophene rings is 1. The minimum absolute atomic E-state index is 0.0568. The van der Waals surface area contributed by atoms with Crippen molar-refractivity contribution in [2.45, 2.75) is 50.4 Å². The van der Waals surface area contributed by atoms with Crippen molar-refractivity contribution in [3.8, 4) is 0 Å². The summed E-state index contributed by atoms with van der Waals surface area (Å²) in [6.45, 7) is 2.64. The molecule has 0 radical (unpaired) electrons. The molecule has 0 spiro atoms. The molecule has 23 heavy (non-hydrogen) atoms. The first-order valence-corrected chi connectivity index (χ1v) is 9.16. The first kappa shape index (κ1) is 16.1. The lowest BCUT2D eigenvalue weighted by molar-refractivity contribution is -0.122. The van der Waals surface area contributed by atoms with Gasteiger partial charge in [-0.15, -0.1) is 11.3 Å². The van der Waals surface area contributed by atoms with Crippen LogP contribution < -0.4 is 5.32 Å². The Morgan fingerprint density at radius 2 is 2.04 bits per heavy atom. The van der Waals surface area contributed by atoms with E-state index >= 15 is 0 Å². The van der Waals surface area contributed by atoms with Crippen molar-refractivity contribution in [1.29, 1.82) is 0 Å². The van der Waals surface area contributed by atoms with E-state index in [1.807, 2.05) is 18.3 Å². The molecule has 1 atom stereocenters. The van der Waals surface area contributed by atoms with Gasteiger partial charge in [0.15, 0.2) is 0 Å². The first-order chi connectivity index (χ1) is 11.2. The second-order valence-corrected chi connectivity index (χ2v) is 7.38. The lowest BCUT2D eigenvalue weighted by Crippen LogP contribution is -2.42. The van der Waals surface area contributed by atoms with Gasteiger partial charge in [0.25, 0.3) is 0 Å². The Morgan fingerprint density at radius 3 is 2.70 bits per heavy atom. The number of amides is 1. The summed E-state index contributed by atoms with van der Waals surface area (Å²) >= 11 is 1.81. The van der Waals surface area contributed by atoms with Crippen LogP contribution in [0.25, 0.3) is 0 Å². The maximum atomic E-state index is 12.5. The van der Waals surface area contributed by atoms with E-state index in [-0.39, 0.29) is 17.2 Å². The smallest absolute Gasteiger partial charge is 0.227 e. The Kier molecular flexibility index (Phi) is 5.06. The maximum Gasteiger partial charge on any atom is 0.227 e. The average Bonchev–Trinajstić information content (AvgIpc) is 3.16. The third-order valence-electron chi connectivity index (χ3n) is 4.93. The standard InChI is InChI=1S/C18H23N3OS/c1-14(15-10-19-13-20-11-15)17(22)21-12-18(7-3-2-4-8-18)16-6-5-9-23-16/h5-6,9-11,13-14H,2-4,7-8,12H2,1H3,(H,21,22). The second kappa shape index (κ2) is 7.21. The van der Waals surface area contributed by atoms with E-state index < -0.39 is 0 Å². The van der Waals surface area contributed by atoms with Gasteiger partial charge in [0.05, 0.1) is 5.92 Å². The zero-order valence-corrected chi connectivity index (χ0v) is 14.3. The van der Waals surface area contributed by atoms with Crippen molar-refractivity contribution in [2.24, 2.45) is 0 Å². The van der Waals surface area contributed by atoms with E-state index in [4.69, 9.17) is 0 Å². The molecule has 122 valence electrons. The first-order valence-electron chi connectivity index (χ1n) is 8.28. The summed E-state index contributed by atoms with van der Waals surface area (Å²) in [5.41, 5.74) is 0.980. The van der Waals surface area contributed by atoms with Crippen LogP contribution in [0.3, 0.4) is 0 Å². The van der Waals surface area contributed by atoms with Gasteiger partial charge in [-0.1, -0.05) is 25.3 Å². The van der Waals surface area contributed by atoms with Crippen molar-refractivity contribution in [3.05, 3.63) is 46.7 Å². The van der Waals surface area contributed by atoms with Gasteiger partial charge in [-0.3, -0.25) is 4.79 Å². The van der Waals surface area contributed by atoms with Crippen molar-refractivity contribution >= 4 is 17.2 Å². The summed E-state index contributed by atoms with van der Waals surface area (Å²) in [7, 11) is 0. The summed E-state index contributed by atoms with van der Waals surface area (Å²) in [5.74, 6) is -0.165. The molecule has 1 N–H and O–H groups in total. The van der Waals surface area contributed by atoms with Gasteiger partial charge in [0.1, 0.15) is 6.33 Å². The molecule has 2 aromatic heterocycles. The minimum Gasteiger partial charge on any atom is -0.355 e. The number of carbonyl (C=O) groups is 1. The summed E-state index contributed by atoms with van der Waals surface area (Å²) in [6.07, 6.45) is 11.0. The SMILES string of the molecule is CC(C(=O)NCC1(c2cccs2)CCCCC1)c1cncnc1. The Bertz CT molecular complexity index is 621. The third-order valence-corrected chi connectivity index (χ3v) is 6.05. The molecule has 1 amide bonds. The molecule has 5 heteroatoms. The van der Waals surface area contributed by atoms with Gasteiger partial charge >= 0.3 is 0 Å². The van der Waals surface area contributed by atoms with E-state index in [0.717, 1.165) is 24.9 Å². The highest BCUT2D eigenvalue weighted by Gasteiger charge is 2.35. The molecule has 1 aliphatic rings. The Balaban J connectivity index is 1.68. The fourth-order valence-corrected chi connectivity index (χ4v) is 4.40. The van der Waals surface area contributed by atoms with Gasteiger partial charge in [0, 0.05) is 34.8 Å². The molecule has 3 rings (SSSR count). The van der Waals surface area contributed by atoms with Gasteiger partial charge < -0.3 is 5.32 Å². The average molecular weight is 329 g/mol. The molecule has 2 aromatic rings. The van der Waals surface area contributed by atoms with Gasteiger partial charge in [0.2, 0.25) is 5.91 Å². The molecule has 4 nitrogen and oxygen atoms in total. The zero-order valence-electron chi connectivity index (χ0n) is 13.5. The van der Waals surface area contributed by atoms with Crippen LogP contribution in [0.4, 0.5) is 0 Å². The summed E-state index contributed by atoms with van der Waals surface area (Å²) in [6, 6.07) is 4.33. The molecule has 1 aliphatic carbocycles. The predicted molar refractivity (Wildman–Crippen MR) is 92.5 cm³/mol. The predicted octanol–water partition coefficient (Wildman–Crippen LogP) is 3.66. The minimum atomic E-state index is -0.222. The molecular weight excluding hydrogens is 306 g/mol. The van der Waals surface area contributed by atoms with Crippen LogP contribution in [-0.4, -0.2) is 22.4 Å². The molecule has 2 heterocycles. The van der Waals surface area contributed by atoms with Crippen molar-refractivity contribution in [1.82, 2.24) is 15.3 Å². The Morgan fingerprint density at radius 1 is 1.30 bits per heavy atom. The molecule has 0 saturated heterocycles. The summed E-state index contributed by atoms with van der Waals surface area (Å²) < 4.78 is 0. The number of nitrogens with one attached hydrogen (secondary N) is 1. The molecule has 0 aromatic carbocycles. The van der Waals surface area contributed by atoms with Gasteiger partial charge in [-0.25, -0.2) is 9.97 Å². The number of rotatable bonds is 5. The van der Waals surface area contributed by atoms with Crippen LogP contribution in [0.5, 0.6) is 0 Å². The fraction of sp³-hybridized carbons (Fsp3) is 0.500. The van der Waals surface area contributed by atoms with Crippen LogP contribution in [0.2, 0.25) is 0 Å². The van der Waals surface area contributed by atoms with Crippen molar-refractivity contribution in [3.63, 3.8) is 0 Å². The third kappa shape index (κ3) is 3.61. The summed E-state index contributed by atoms with van der Waals surface area (Å²) in [5, 5.41) is 5.33. The van der Waals surface area contributed by atoms with Crippen molar-refractivity contribution in [2.75, 3.05) is 6.54 Å². The van der Waals surface area contributed by atoms with Crippen LogP contribution in [0.15, 0.2) is 36.2 Å². The number of carbonyl (C=O) groups excluding carboxylic acids is 1. The molecular formula is C18H23N3OS. The maximum absolute atomic E-state index is 12.5. The normalized spacial score (nSPS) is 18.3. The topological polar surface area (TPSA) is 54.9 Å². The molecule has 0 aliphatic heterocycles. The zero-order chi connectivity index (χ0) is 16.1. The highest BCUT2D eigenvalue weighted by molar-refractivity contribution is 7.10.